The zero-order valence-electron chi connectivity index (χ0n) is 17.3. The van der Waals surface area contributed by atoms with Crippen molar-refractivity contribution in [2.24, 2.45) is 5.92 Å². The molecule has 1 amide bonds. The molecule has 0 radical (unpaired) electrons. The van der Waals surface area contributed by atoms with Gasteiger partial charge in [-0.3, -0.25) is 4.79 Å². The van der Waals surface area contributed by atoms with Gasteiger partial charge in [-0.2, -0.15) is 4.31 Å². The van der Waals surface area contributed by atoms with Crippen LogP contribution in [0.15, 0.2) is 53.4 Å². The summed E-state index contributed by atoms with van der Waals surface area (Å²) in [6, 6.07) is 15.0. The van der Waals surface area contributed by atoms with E-state index in [0.29, 0.717) is 50.0 Å². The summed E-state index contributed by atoms with van der Waals surface area (Å²) in [6.45, 7) is 4.54. The van der Waals surface area contributed by atoms with Gasteiger partial charge in [-0.1, -0.05) is 37.3 Å². The lowest BCUT2D eigenvalue weighted by Crippen LogP contribution is -2.40. The van der Waals surface area contributed by atoms with Crippen LogP contribution in [0.5, 0.6) is 0 Å². The number of rotatable bonds is 5. The number of anilines is 1. The molecule has 0 N–H and O–H groups in total. The van der Waals surface area contributed by atoms with E-state index in [-0.39, 0.29) is 5.91 Å². The van der Waals surface area contributed by atoms with E-state index in [9.17, 15) is 13.2 Å². The van der Waals surface area contributed by atoms with Crippen molar-refractivity contribution in [3.63, 3.8) is 0 Å². The molecule has 6 nitrogen and oxygen atoms in total. The number of ether oxygens (including phenoxy) is 1. The van der Waals surface area contributed by atoms with E-state index in [2.05, 4.69) is 13.0 Å². The highest BCUT2D eigenvalue weighted by Crippen LogP contribution is 2.30. The van der Waals surface area contributed by atoms with E-state index in [1.165, 1.54) is 9.87 Å². The average Bonchev–Trinajstić information content (AvgIpc) is 2.77. The van der Waals surface area contributed by atoms with E-state index in [1.807, 2.05) is 35.2 Å². The second-order valence-electron chi connectivity index (χ2n) is 8.10. The van der Waals surface area contributed by atoms with Crippen LogP contribution in [-0.2, 0) is 32.4 Å². The Balaban J connectivity index is 1.40. The van der Waals surface area contributed by atoms with Crippen LogP contribution in [0.4, 0.5) is 5.69 Å². The fraction of sp³-hybridized carbons (Fsp3) is 0.435. The lowest BCUT2D eigenvalue weighted by atomic mass is 9.93. The minimum Gasteiger partial charge on any atom is -0.379 e. The van der Waals surface area contributed by atoms with Gasteiger partial charge in [0.2, 0.25) is 15.9 Å². The fourth-order valence-electron chi connectivity index (χ4n) is 4.18. The molecule has 30 heavy (non-hydrogen) atoms. The Hall–Kier alpha value is -2.22. The second kappa shape index (κ2) is 8.88. The number of aryl methyl sites for hydroxylation is 1. The number of fused-ring (bicyclic) bond motifs is 1. The van der Waals surface area contributed by atoms with Gasteiger partial charge < -0.3 is 9.64 Å². The van der Waals surface area contributed by atoms with Crippen LogP contribution < -0.4 is 4.90 Å². The molecule has 2 heterocycles. The van der Waals surface area contributed by atoms with E-state index >= 15 is 0 Å². The smallest absolute Gasteiger partial charge is 0.243 e. The molecule has 0 bridgehead atoms. The summed E-state index contributed by atoms with van der Waals surface area (Å²) in [5, 5.41) is 0. The maximum atomic E-state index is 12.9. The van der Waals surface area contributed by atoms with Gasteiger partial charge in [0.05, 0.1) is 18.1 Å². The Bertz CT molecular complexity index is 998. The molecule has 2 aliphatic heterocycles. The Kier molecular flexibility index (Phi) is 6.22. The van der Waals surface area contributed by atoms with Crippen molar-refractivity contribution >= 4 is 21.6 Å². The summed E-state index contributed by atoms with van der Waals surface area (Å²) >= 11 is 0. The van der Waals surface area contributed by atoms with Crippen molar-refractivity contribution in [1.82, 2.24) is 4.31 Å². The maximum absolute atomic E-state index is 12.9. The number of nitrogens with zero attached hydrogens (tertiary/aromatic N) is 2. The van der Waals surface area contributed by atoms with Gasteiger partial charge in [-0.05, 0) is 48.1 Å². The zero-order chi connectivity index (χ0) is 21.1. The highest BCUT2D eigenvalue weighted by molar-refractivity contribution is 7.89. The van der Waals surface area contributed by atoms with Gasteiger partial charge in [0.25, 0.3) is 0 Å². The summed E-state index contributed by atoms with van der Waals surface area (Å²) in [5.74, 6) is 0.549. The van der Waals surface area contributed by atoms with E-state index in [1.54, 1.807) is 12.1 Å². The van der Waals surface area contributed by atoms with Crippen LogP contribution >= 0.6 is 0 Å². The molecule has 2 aromatic rings. The van der Waals surface area contributed by atoms with Gasteiger partial charge >= 0.3 is 0 Å². The summed E-state index contributed by atoms with van der Waals surface area (Å²) in [4.78, 5) is 15.1. The predicted molar refractivity (Wildman–Crippen MR) is 116 cm³/mol. The van der Waals surface area contributed by atoms with Gasteiger partial charge in [0.1, 0.15) is 0 Å². The van der Waals surface area contributed by atoms with Gasteiger partial charge in [-0.25, -0.2) is 8.42 Å². The van der Waals surface area contributed by atoms with E-state index in [0.717, 1.165) is 24.2 Å². The number of carbonyl (C=O) groups is 1. The standard InChI is InChI=1S/C23H28N2O4S/c1-18-16-20-4-2-3-5-22(20)25(17-18)23(26)11-8-19-6-9-21(10-7-19)30(27,28)24-12-14-29-15-13-24/h2-7,9-10,18H,8,11-17H2,1H3. The largest absolute Gasteiger partial charge is 0.379 e. The molecule has 7 heteroatoms. The molecular formula is C23H28N2O4S. The quantitative estimate of drug-likeness (QED) is 0.735. The van der Waals surface area contributed by atoms with E-state index in [4.69, 9.17) is 4.74 Å². The topological polar surface area (TPSA) is 66.9 Å². The Morgan fingerprint density at radius 2 is 1.77 bits per heavy atom. The average molecular weight is 429 g/mol. The molecule has 4 rings (SSSR count). The summed E-state index contributed by atoms with van der Waals surface area (Å²) in [6.07, 6.45) is 1.99. The van der Waals surface area contributed by atoms with Crippen molar-refractivity contribution in [2.45, 2.75) is 31.1 Å². The zero-order valence-corrected chi connectivity index (χ0v) is 18.1. The van der Waals surface area contributed by atoms with Gasteiger partial charge in [-0.15, -0.1) is 0 Å². The third-order valence-electron chi connectivity index (χ3n) is 5.80. The number of hydrogen-bond acceptors (Lipinski definition) is 4. The Morgan fingerprint density at radius 3 is 2.50 bits per heavy atom. The molecule has 1 atom stereocenters. The van der Waals surface area contributed by atoms with Crippen molar-refractivity contribution in [3.05, 3.63) is 59.7 Å². The number of sulfonamides is 1. The number of hydrogen-bond donors (Lipinski definition) is 0. The first kappa shape index (κ1) is 21.0. The SMILES string of the molecule is CC1Cc2ccccc2N(C(=O)CCc2ccc(S(=O)(=O)N3CCOCC3)cc2)C1. The molecular weight excluding hydrogens is 400 g/mol. The molecule has 0 aliphatic carbocycles. The highest BCUT2D eigenvalue weighted by Gasteiger charge is 2.27. The molecule has 0 spiro atoms. The number of benzene rings is 2. The summed E-state index contributed by atoms with van der Waals surface area (Å²) < 4.78 is 32.2. The minimum atomic E-state index is -3.49. The number of morpholine rings is 1. The van der Waals surface area contributed by atoms with Crippen LogP contribution in [0.25, 0.3) is 0 Å². The van der Waals surface area contributed by atoms with Crippen molar-refractivity contribution in [1.29, 1.82) is 0 Å². The molecule has 2 aliphatic rings. The predicted octanol–water partition coefficient (Wildman–Crippen LogP) is 2.87. The van der Waals surface area contributed by atoms with Crippen LogP contribution in [-0.4, -0.2) is 51.5 Å². The number of para-hydroxylation sites is 1. The molecule has 1 fully saturated rings. The fourth-order valence-corrected chi connectivity index (χ4v) is 5.59. The van der Waals surface area contributed by atoms with E-state index < -0.39 is 10.0 Å². The Labute approximate surface area is 178 Å². The van der Waals surface area contributed by atoms with Crippen LogP contribution in [0.2, 0.25) is 0 Å². The maximum Gasteiger partial charge on any atom is 0.243 e. The summed E-state index contributed by atoms with van der Waals surface area (Å²) in [7, 11) is -3.49. The first-order valence-corrected chi connectivity index (χ1v) is 11.9. The third kappa shape index (κ3) is 4.43. The summed E-state index contributed by atoms with van der Waals surface area (Å²) in [5.41, 5.74) is 3.21. The van der Waals surface area contributed by atoms with Gasteiger partial charge in [0.15, 0.2) is 0 Å². The second-order valence-corrected chi connectivity index (χ2v) is 10.0. The molecule has 0 aromatic heterocycles. The normalized spacial score (nSPS) is 20.0. The Morgan fingerprint density at radius 1 is 1.07 bits per heavy atom. The minimum absolute atomic E-state index is 0.110. The van der Waals surface area contributed by atoms with Crippen molar-refractivity contribution in [2.75, 3.05) is 37.7 Å². The van der Waals surface area contributed by atoms with Crippen molar-refractivity contribution in [3.8, 4) is 0 Å². The third-order valence-corrected chi connectivity index (χ3v) is 7.72. The lowest BCUT2D eigenvalue weighted by molar-refractivity contribution is -0.118. The lowest BCUT2D eigenvalue weighted by Gasteiger charge is -2.33. The van der Waals surface area contributed by atoms with Gasteiger partial charge in [0, 0.05) is 31.7 Å². The monoisotopic (exact) mass is 428 g/mol. The van der Waals surface area contributed by atoms with Crippen LogP contribution in [0.1, 0.15) is 24.5 Å². The highest BCUT2D eigenvalue weighted by atomic mass is 32.2. The number of amides is 1. The molecule has 0 saturated carbocycles. The number of carbonyl (C=O) groups excluding carboxylic acids is 1. The first-order valence-electron chi connectivity index (χ1n) is 10.5. The first-order chi connectivity index (χ1) is 14.4. The van der Waals surface area contributed by atoms with Crippen molar-refractivity contribution < 1.29 is 17.9 Å². The molecule has 1 unspecified atom stereocenters. The van der Waals surface area contributed by atoms with Crippen LogP contribution in [0.3, 0.4) is 0 Å². The van der Waals surface area contributed by atoms with Crippen LogP contribution in [0, 0.1) is 5.92 Å². The molecule has 2 aromatic carbocycles. The molecule has 160 valence electrons. The molecule has 1 saturated heterocycles.